The molecule has 0 amide bonds. The number of Topliss-reactive ketones (excluding diaryl/α,β-unsaturated/α-hetero) is 1. The van der Waals surface area contributed by atoms with Crippen molar-refractivity contribution in [2.45, 2.75) is 58.2 Å². The van der Waals surface area contributed by atoms with Crippen LogP contribution in [0.1, 0.15) is 40.5 Å². The molecule has 0 bridgehead atoms. The molecule has 1 aliphatic heterocycles. The van der Waals surface area contributed by atoms with Gasteiger partial charge in [-0.15, -0.1) is 0 Å². The highest BCUT2D eigenvalue weighted by Crippen LogP contribution is 2.17. The lowest BCUT2D eigenvalue weighted by Crippen LogP contribution is -2.41. The Balaban J connectivity index is 2.47. The molecule has 1 fully saturated rings. The van der Waals surface area contributed by atoms with Gasteiger partial charge in [0.1, 0.15) is 17.4 Å². The van der Waals surface area contributed by atoms with Crippen molar-refractivity contribution < 1.29 is 14.3 Å². The molecular weight excluding hydrogens is 194 g/mol. The van der Waals surface area contributed by atoms with Crippen LogP contribution < -0.4 is 5.32 Å². The number of hydrogen-bond donors (Lipinski definition) is 1. The van der Waals surface area contributed by atoms with Crippen LogP contribution in [0.4, 0.5) is 0 Å². The summed E-state index contributed by atoms with van der Waals surface area (Å²) in [5.74, 6) is -0.174. The molecular formula is C11H19NO3. The lowest BCUT2D eigenvalue weighted by molar-refractivity contribution is -0.157. The lowest BCUT2D eigenvalue weighted by atomic mass is 10.1. The minimum Gasteiger partial charge on any atom is -0.459 e. The summed E-state index contributed by atoms with van der Waals surface area (Å²) in [7, 11) is 0. The molecule has 0 saturated carbocycles. The maximum absolute atomic E-state index is 11.6. The average molecular weight is 213 g/mol. The van der Waals surface area contributed by atoms with Gasteiger partial charge in [-0.25, -0.2) is 0 Å². The Morgan fingerprint density at radius 3 is 2.13 bits per heavy atom. The van der Waals surface area contributed by atoms with Crippen molar-refractivity contribution in [3.05, 3.63) is 0 Å². The minimum atomic E-state index is -0.465. The predicted molar refractivity (Wildman–Crippen MR) is 56.5 cm³/mol. The fourth-order valence-electron chi connectivity index (χ4n) is 1.62. The van der Waals surface area contributed by atoms with E-state index in [2.05, 4.69) is 5.32 Å². The highest BCUT2D eigenvalue weighted by molar-refractivity contribution is 5.84. The van der Waals surface area contributed by atoms with Crippen molar-refractivity contribution in [1.29, 1.82) is 0 Å². The van der Waals surface area contributed by atoms with Gasteiger partial charge in [0.05, 0.1) is 6.04 Å². The van der Waals surface area contributed by atoms with Crippen LogP contribution >= 0.6 is 0 Å². The van der Waals surface area contributed by atoms with Crippen molar-refractivity contribution in [1.82, 2.24) is 5.32 Å². The normalized spacial score (nSPS) is 26.4. The first-order valence-corrected chi connectivity index (χ1v) is 5.29. The fourth-order valence-corrected chi connectivity index (χ4v) is 1.62. The van der Waals surface area contributed by atoms with Crippen LogP contribution in [0.25, 0.3) is 0 Å². The molecule has 0 unspecified atom stereocenters. The summed E-state index contributed by atoms with van der Waals surface area (Å²) in [6, 6.07) is -0.499. The van der Waals surface area contributed by atoms with Crippen LogP contribution in [0.2, 0.25) is 0 Å². The SMILES string of the molecule is CC(=O)[C@@H]1CC[C@@H](C(=O)OC(C)(C)C)N1. The number of carbonyl (C=O) groups excluding carboxylic acids is 2. The first kappa shape index (κ1) is 12.2. The second kappa shape index (κ2) is 4.31. The van der Waals surface area contributed by atoms with E-state index < -0.39 is 5.60 Å². The second-order valence-corrected chi connectivity index (χ2v) is 4.99. The van der Waals surface area contributed by atoms with Gasteiger partial charge in [-0.1, -0.05) is 0 Å². The molecule has 0 aromatic rings. The van der Waals surface area contributed by atoms with Gasteiger partial charge in [0, 0.05) is 0 Å². The van der Waals surface area contributed by atoms with Crippen LogP contribution in [-0.2, 0) is 14.3 Å². The van der Waals surface area contributed by atoms with E-state index in [0.29, 0.717) is 6.42 Å². The van der Waals surface area contributed by atoms with Crippen molar-refractivity contribution in [2.75, 3.05) is 0 Å². The zero-order chi connectivity index (χ0) is 11.6. The highest BCUT2D eigenvalue weighted by Gasteiger charge is 2.33. The van der Waals surface area contributed by atoms with Crippen molar-refractivity contribution in [3.63, 3.8) is 0 Å². The summed E-state index contributed by atoms with van der Waals surface area (Å²) in [6.45, 7) is 7.04. The maximum atomic E-state index is 11.6. The summed E-state index contributed by atoms with van der Waals surface area (Å²) in [4.78, 5) is 22.7. The van der Waals surface area contributed by atoms with E-state index in [4.69, 9.17) is 4.74 Å². The zero-order valence-electron chi connectivity index (χ0n) is 9.79. The Bertz CT molecular complexity index is 267. The molecule has 4 nitrogen and oxygen atoms in total. The molecule has 2 atom stereocenters. The third-order valence-corrected chi connectivity index (χ3v) is 2.33. The average Bonchev–Trinajstić information content (AvgIpc) is 2.47. The number of hydrogen-bond acceptors (Lipinski definition) is 4. The molecule has 0 radical (unpaired) electrons. The first-order chi connectivity index (χ1) is 6.79. The molecule has 1 N–H and O–H groups in total. The van der Waals surface area contributed by atoms with Crippen molar-refractivity contribution >= 4 is 11.8 Å². The van der Waals surface area contributed by atoms with Crippen molar-refractivity contribution in [2.24, 2.45) is 0 Å². The molecule has 0 aromatic heterocycles. The van der Waals surface area contributed by atoms with Crippen LogP contribution in [0.5, 0.6) is 0 Å². The maximum Gasteiger partial charge on any atom is 0.323 e. The third kappa shape index (κ3) is 3.63. The van der Waals surface area contributed by atoms with E-state index in [1.807, 2.05) is 20.8 Å². The Morgan fingerprint density at radius 1 is 1.20 bits per heavy atom. The number of ketones is 1. The summed E-state index contributed by atoms with van der Waals surface area (Å²) in [6.07, 6.45) is 1.40. The van der Waals surface area contributed by atoms with E-state index in [-0.39, 0.29) is 23.8 Å². The van der Waals surface area contributed by atoms with Crippen molar-refractivity contribution in [3.8, 4) is 0 Å². The Labute approximate surface area is 90.4 Å². The van der Waals surface area contributed by atoms with Gasteiger partial charge in [0.2, 0.25) is 0 Å². The monoisotopic (exact) mass is 213 g/mol. The van der Waals surface area contributed by atoms with Gasteiger partial charge < -0.3 is 4.74 Å². The molecule has 86 valence electrons. The number of ether oxygens (including phenoxy) is 1. The van der Waals surface area contributed by atoms with Gasteiger partial charge in [-0.2, -0.15) is 0 Å². The van der Waals surface area contributed by atoms with Gasteiger partial charge in [-0.05, 0) is 40.5 Å². The summed E-state index contributed by atoms with van der Waals surface area (Å²) in [5, 5.41) is 2.99. The van der Waals surface area contributed by atoms with Gasteiger partial charge in [0.25, 0.3) is 0 Å². The number of nitrogens with one attached hydrogen (secondary N) is 1. The number of rotatable bonds is 2. The minimum absolute atomic E-state index is 0.0843. The Morgan fingerprint density at radius 2 is 1.73 bits per heavy atom. The molecule has 0 aromatic carbocycles. The molecule has 4 heteroatoms. The van der Waals surface area contributed by atoms with Crippen LogP contribution in [0, 0.1) is 0 Å². The van der Waals surface area contributed by atoms with E-state index >= 15 is 0 Å². The first-order valence-electron chi connectivity index (χ1n) is 5.29. The Kier molecular flexibility index (Phi) is 3.50. The topological polar surface area (TPSA) is 55.4 Å². The molecule has 1 rings (SSSR count). The smallest absolute Gasteiger partial charge is 0.323 e. The zero-order valence-corrected chi connectivity index (χ0v) is 9.79. The largest absolute Gasteiger partial charge is 0.459 e. The Hall–Kier alpha value is -0.900. The van der Waals surface area contributed by atoms with E-state index in [9.17, 15) is 9.59 Å². The molecule has 0 spiro atoms. The van der Waals surface area contributed by atoms with Crippen LogP contribution in [0.3, 0.4) is 0 Å². The second-order valence-electron chi connectivity index (χ2n) is 4.99. The van der Waals surface area contributed by atoms with E-state index in [0.717, 1.165) is 6.42 Å². The van der Waals surface area contributed by atoms with Gasteiger partial charge in [-0.3, -0.25) is 14.9 Å². The van der Waals surface area contributed by atoms with Crippen LogP contribution in [-0.4, -0.2) is 29.4 Å². The van der Waals surface area contributed by atoms with Crippen LogP contribution in [0.15, 0.2) is 0 Å². The summed E-state index contributed by atoms with van der Waals surface area (Å²) in [5.41, 5.74) is -0.465. The van der Waals surface area contributed by atoms with E-state index in [1.54, 1.807) is 0 Å². The molecule has 1 saturated heterocycles. The summed E-state index contributed by atoms with van der Waals surface area (Å²) >= 11 is 0. The standard InChI is InChI=1S/C11H19NO3/c1-7(13)8-5-6-9(12-8)10(14)15-11(2,3)4/h8-9,12H,5-6H2,1-4H3/t8-,9-/m0/s1. The number of carbonyl (C=O) groups is 2. The highest BCUT2D eigenvalue weighted by atomic mass is 16.6. The van der Waals surface area contributed by atoms with E-state index in [1.165, 1.54) is 6.92 Å². The fraction of sp³-hybridized carbons (Fsp3) is 0.818. The quantitative estimate of drug-likeness (QED) is 0.696. The molecule has 1 heterocycles. The van der Waals surface area contributed by atoms with Gasteiger partial charge in [0.15, 0.2) is 0 Å². The predicted octanol–water partition coefficient (Wildman–Crippen LogP) is 1.04. The number of esters is 1. The third-order valence-electron chi connectivity index (χ3n) is 2.33. The summed E-state index contributed by atoms with van der Waals surface area (Å²) < 4.78 is 5.24. The molecule has 0 aliphatic carbocycles. The van der Waals surface area contributed by atoms with Gasteiger partial charge >= 0.3 is 5.97 Å². The molecule has 15 heavy (non-hydrogen) atoms. The molecule has 1 aliphatic rings. The lowest BCUT2D eigenvalue weighted by Gasteiger charge is -2.22.